The second kappa shape index (κ2) is 13.8. The fourth-order valence-electron chi connectivity index (χ4n) is 6.70. The lowest BCUT2D eigenvalue weighted by atomic mass is 9.95. The van der Waals surface area contributed by atoms with Gasteiger partial charge in [0, 0.05) is 63.4 Å². The van der Waals surface area contributed by atoms with Crippen LogP contribution in [0, 0.1) is 12.8 Å². The number of carbonyl (C=O) groups excluding carboxylic acids is 3. The Kier molecular flexibility index (Phi) is 10.2. The number of amides is 3. The SMILES string of the molecule is C=C(CN(C)C)C(=O)N1CCC(OCCN2C[C@H]3CC(=O)N(c4cc(C(F)(F)F)cc(C)n4)[C@@H]3C(=O)N(C)c3cccc(Cl)c32)CC1. The summed E-state index contributed by atoms with van der Waals surface area (Å²) in [5, 5.41) is 0.418. The highest BCUT2D eigenvalue weighted by atomic mass is 35.5. The van der Waals surface area contributed by atoms with Gasteiger partial charge in [-0.1, -0.05) is 24.2 Å². The van der Waals surface area contributed by atoms with Crippen LogP contribution in [0.3, 0.4) is 0 Å². The second-order valence-electron chi connectivity index (χ2n) is 12.7. The first-order valence-electron chi connectivity index (χ1n) is 15.6. The number of hydrogen-bond donors (Lipinski definition) is 0. The van der Waals surface area contributed by atoms with E-state index in [1.165, 1.54) is 11.8 Å². The fraction of sp³-hybridized carbons (Fsp3) is 0.515. The lowest BCUT2D eigenvalue weighted by Gasteiger charge is -2.39. The van der Waals surface area contributed by atoms with Crippen molar-refractivity contribution in [2.75, 3.05) is 75.2 Å². The van der Waals surface area contributed by atoms with Crippen LogP contribution in [0.1, 0.15) is 30.5 Å². The van der Waals surface area contributed by atoms with Crippen LogP contribution in [-0.2, 0) is 25.3 Å². The van der Waals surface area contributed by atoms with Crippen LogP contribution < -0.4 is 14.7 Å². The number of alkyl halides is 3. The van der Waals surface area contributed by atoms with Gasteiger partial charge in [0.05, 0.1) is 34.7 Å². The number of para-hydroxylation sites is 1. The quantitative estimate of drug-likeness (QED) is 0.384. The van der Waals surface area contributed by atoms with Crippen LogP contribution in [0.4, 0.5) is 30.4 Å². The lowest BCUT2D eigenvalue weighted by molar-refractivity contribution is -0.137. The van der Waals surface area contributed by atoms with Gasteiger partial charge in [0.2, 0.25) is 17.7 Å². The summed E-state index contributed by atoms with van der Waals surface area (Å²) in [6, 6.07) is 5.87. The van der Waals surface area contributed by atoms with Gasteiger partial charge in [0.15, 0.2) is 0 Å². The number of halogens is 4. The van der Waals surface area contributed by atoms with E-state index >= 15 is 0 Å². The number of rotatable bonds is 8. The van der Waals surface area contributed by atoms with Crippen molar-refractivity contribution < 1.29 is 32.3 Å². The summed E-state index contributed by atoms with van der Waals surface area (Å²) in [6.45, 7) is 7.92. The Bertz CT molecular complexity index is 1540. The molecule has 0 saturated carbocycles. The number of anilines is 3. The molecule has 3 aliphatic heterocycles. The van der Waals surface area contributed by atoms with E-state index < -0.39 is 35.5 Å². The summed E-state index contributed by atoms with van der Waals surface area (Å²) < 4.78 is 47.4. The zero-order valence-electron chi connectivity index (χ0n) is 27.0. The fourth-order valence-corrected chi connectivity index (χ4v) is 6.98. The highest BCUT2D eigenvalue weighted by Crippen LogP contribution is 2.43. The third-order valence-electron chi connectivity index (χ3n) is 8.88. The van der Waals surface area contributed by atoms with E-state index in [0.29, 0.717) is 67.6 Å². The molecule has 0 bridgehead atoms. The zero-order valence-corrected chi connectivity index (χ0v) is 27.8. The van der Waals surface area contributed by atoms with Gasteiger partial charge >= 0.3 is 6.18 Å². The number of hydrogen-bond acceptors (Lipinski definition) is 7. The van der Waals surface area contributed by atoms with Crippen LogP contribution in [0.15, 0.2) is 42.5 Å². The number of ether oxygens (including phenoxy) is 1. The van der Waals surface area contributed by atoms with E-state index in [4.69, 9.17) is 16.3 Å². The molecular formula is C33H40ClF3N6O4. The Labute approximate surface area is 277 Å². The molecule has 47 heavy (non-hydrogen) atoms. The van der Waals surface area contributed by atoms with Crippen molar-refractivity contribution in [1.29, 1.82) is 0 Å². The largest absolute Gasteiger partial charge is 0.416 e. The van der Waals surface area contributed by atoms with E-state index in [1.54, 1.807) is 30.1 Å². The molecule has 2 fully saturated rings. The van der Waals surface area contributed by atoms with Crippen LogP contribution in [-0.4, -0.2) is 105 Å². The van der Waals surface area contributed by atoms with Crippen molar-refractivity contribution in [3.8, 4) is 0 Å². The Balaban J connectivity index is 1.34. The molecule has 0 N–H and O–H groups in total. The third-order valence-corrected chi connectivity index (χ3v) is 9.18. The molecule has 0 spiro atoms. The topological polar surface area (TPSA) is 89.5 Å². The molecule has 2 saturated heterocycles. The summed E-state index contributed by atoms with van der Waals surface area (Å²) >= 11 is 6.72. The molecule has 3 amide bonds. The molecule has 10 nitrogen and oxygen atoms in total. The maximum absolute atomic E-state index is 14.0. The number of benzene rings is 1. The minimum atomic E-state index is -4.65. The van der Waals surface area contributed by atoms with Gasteiger partial charge in [-0.05, 0) is 58.1 Å². The maximum atomic E-state index is 14.0. The Morgan fingerprint density at radius 2 is 1.87 bits per heavy atom. The minimum Gasteiger partial charge on any atom is -0.376 e. The first kappa shape index (κ1) is 34.6. The molecule has 254 valence electrons. The Morgan fingerprint density at radius 3 is 2.53 bits per heavy atom. The van der Waals surface area contributed by atoms with E-state index in [-0.39, 0.29) is 36.5 Å². The monoisotopic (exact) mass is 676 g/mol. The molecule has 2 aromatic rings. The molecule has 1 aromatic carbocycles. The van der Waals surface area contributed by atoms with Crippen molar-refractivity contribution in [2.24, 2.45) is 5.92 Å². The number of pyridine rings is 1. The molecule has 3 aliphatic rings. The van der Waals surface area contributed by atoms with Crippen LogP contribution in [0.2, 0.25) is 5.02 Å². The lowest BCUT2D eigenvalue weighted by Crippen LogP contribution is -2.52. The third kappa shape index (κ3) is 7.42. The van der Waals surface area contributed by atoms with E-state index in [1.807, 2.05) is 23.9 Å². The number of likely N-dealkylation sites (N-methyl/N-ethyl adjacent to an activating group) is 2. The van der Waals surface area contributed by atoms with Crippen LogP contribution in [0.5, 0.6) is 0 Å². The van der Waals surface area contributed by atoms with Gasteiger partial charge in [0.25, 0.3) is 0 Å². The highest BCUT2D eigenvalue weighted by molar-refractivity contribution is 6.34. The second-order valence-corrected chi connectivity index (χ2v) is 13.1. The average Bonchev–Trinajstić information content (AvgIpc) is 3.33. The van der Waals surface area contributed by atoms with Gasteiger partial charge in [-0.25, -0.2) is 4.98 Å². The first-order valence-corrected chi connectivity index (χ1v) is 16.0. The predicted octanol–water partition coefficient (Wildman–Crippen LogP) is 4.39. The molecule has 0 aliphatic carbocycles. The van der Waals surface area contributed by atoms with Crippen molar-refractivity contribution >= 4 is 46.5 Å². The maximum Gasteiger partial charge on any atom is 0.416 e. The zero-order chi connectivity index (χ0) is 34.2. The number of likely N-dealkylation sites (tertiary alicyclic amines) is 1. The van der Waals surface area contributed by atoms with E-state index in [0.717, 1.165) is 17.0 Å². The van der Waals surface area contributed by atoms with Crippen molar-refractivity contribution in [2.45, 2.75) is 44.5 Å². The van der Waals surface area contributed by atoms with Gasteiger partial charge in [-0.3, -0.25) is 19.3 Å². The van der Waals surface area contributed by atoms with Gasteiger partial charge in [-0.15, -0.1) is 0 Å². The predicted molar refractivity (Wildman–Crippen MR) is 174 cm³/mol. The first-order chi connectivity index (χ1) is 22.1. The summed E-state index contributed by atoms with van der Waals surface area (Å²) in [7, 11) is 5.35. The minimum absolute atomic E-state index is 0.0482. The number of nitrogens with zero attached hydrogens (tertiary/aromatic N) is 6. The average molecular weight is 677 g/mol. The summed E-state index contributed by atoms with van der Waals surface area (Å²) in [5.41, 5.74) is 0.825. The molecule has 2 atom stereocenters. The van der Waals surface area contributed by atoms with Crippen LogP contribution >= 0.6 is 11.6 Å². The van der Waals surface area contributed by atoms with Gasteiger partial charge in [-0.2, -0.15) is 13.2 Å². The van der Waals surface area contributed by atoms with Crippen molar-refractivity contribution in [3.63, 3.8) is 0 Å². The van der Waals surface area contributed by atoms with Crippen molar-refractivity contribution in [3.05, 3.63) is 58.8 Å². The molecule has 0 unspecified atom stereocenters. The Hall–Kier alpha value is -3.68. The summed E-state index contributed by atoms with van der Waals surface area (Å²) in [4.78, 5) is 52.7. The number of carbonyl (C=O) groups is 3. The molecule has 5 rings (SSSR count). The molecule has 1 aromatic heterocycles. The summed E-state index contributed by atoms with van der Waals surface area (Å²) in [5.74, 6) is -1.72. The van der Waals surface area contributed by atoms with E-state index in [2.05, 4.69) is 11.6 Å². The standard InChI is InChI=1S/C33H40ClF3N6O4/c1-20(18-39(3)4)31(45)41-11-9-24(10-12-41)47-14-13-42-19-22-16-28(44)43(27-17-23(33(35,36)37)15-21(2)38-27)29(22)32(46)40(5)26-8-6-7-25(34)30(26)42/h6-8,15,17,22,24,29H,1,9-14,16,18-19H2,2-5H3/t22-,29+/m1/s1. The van der Waals surface area contributed by atoms with E-state index in [9.17, 15) is 27.6 Å². The van der Waals surface area contributed by atoms with Gasteiger partial charge in [0.1, 0.15) is 11.9 Å². The molecule has 14 heteroatoms. The highest BCUT2D eigenvalue weighted by Gasteiger charge is 2.49. The van der Waals surface area contributed by atoms with Crippen LogP contribution in [0.25, 0.3) is 0 Å². The van der Waals surface area contributed by atoms with Gasteiger partial charge < -0.3 is 24.3 Å². The normalized spacial score (nSPS) is 20.8. The smallest absolute Gasteiger partial charge is 0.376 e. The molecule has 4 heterocycles. The summed E-state index contributed by atoms with van der Waals surface area (Å²) in [6.07, 6.45) is -3.41. The number of piperidine rings is 1. The number of fused-ring (bicyclic) bond motifs is 2. The number of aryl methyl sites for hydroxylation is 1. The van der Waals surface area contributed by atoms with Crippen molar-refractivity contribution in [1.82, 2.24) is 14.8 Å². The molecular weight excluding hydrogens is 637 g/mol. The molecule has 0 radical (unpaired) electrons. The Morgan fingerprint density at radius 1 is 1.17 bits per heavy atom. The number of aromatic nitrogens is 1.